The van der Waals surface area contributed by atoms with Crippen molar-refractivity contribution in [2.24, 2.45) is 0 Å². The van der Waals surface area contributed by atoms with Gasteiger partial charge in [0, 0.05) is 22.1 Å². The van der Waals surface area contributed by atoms with Crippen molar-refractivity contribution < 1.29 is 0 Å². The summed E-state index contributed by atoms with van der Waals surface area (Å²) in [5.74, 6) is 0. The molecule has 13 rings (SSSR count). The topological polar surface area (TPSA) is 9.86 Å². The van der Waals surface area contributed by atoms with Crippen LogP contribution in [0.4, 0.5) is 0 Å². The zero-order valence-corrected chi connectivity index (χ0v) is 37.3. The van der Waals surface area contributed by atoms with Crippen LogP contribution in [0.15, 0.2) is 267 Å². The lowest BCUT2D eigenvalue weighted by Gasteiger charge is -2.14. The van der Waals surface area contributed by atoms with E-state index in [1.807, 2.05) is 0 Å². The molecule has 11 aromatic carbocycles. The number of hydrogen-bond acceptors (Lipinski definition) is 0. The maximum Gasteiger partial charge on any atom is 0.0542 e. The lowest BCUT2D eigenvalue weighted by atomic mass is 9.98. The zero-order valence-electron chi connectivity index (χ0n) is 37.3. The Hall–Kier alpha value is -8.98. The predicted molar refractivity (Wildman–Crippen MR) is 288 cm³/mol. The van der Waals surface area contributed by atoms with Crippen LogP contribution < -0.4 is 0 Å². The molecule has 318 valence electrons. The van der Waals surface area contributed by atoms with Crippen LogP contribution in [-0.2, 0) is 0 Å². The molecule has 2 heteroatoms. The minimum Gasteiger partial charge on any atom is -0.309 e. The number of rotatable bonds is 8. The van der Waals surface area contributed by atoms with Crippen LogP contribution in [0.25, 0.3) is 122 Å². The van der Waals surface area contributed by atoms with E-state index in [-0.39, 0.29) is 0 Å². The van der Waals surface area contributed by atoms with Crippen molar-refractivity contribution in [3.05, 3.63) is 267 Å². The molecule has 0 aliphatic heterocycles. The van der Waals surface area contributed by atoms with Gasteiger partial charge in [-0.05, 0) is 126 Å². The van der Waals surface area contributed by atoms with Crippen LogP contribution in [0.1, 0.15) is 0 Å². The fourth-order valence-corrected chi connectivity index (χ4v) is 10.4. The van der Waals surface area contributed by atoms with Crippen molar-refractivity contribution in [1.82, 2.24) is 9.13 Å². The molecule has 0 N–H and O–H groups in total. The molecule has 0 spiro atoms. The summed E-state index contributed by atoms with van der Waals surface area (Å²) in [6.07, 6.45) is 0. The highest BCUT2D eigenvalue weighted by atomic mass is 15.0. The lowest BCUT2D eigenvalue weighted by molar-refractivity contribution is 1.13. The third-order valence-electron chi connectivity index (χ3n) is 13.8. The standard InChI is InChI=1S/C66H44N2/c1-3-13-45(14-4-1)47-25-29-53(30-26-47)63-41-55-43-66-56(44-65(55)67(63)57-37-33-51(34-38-57)61-23-11-19-49-17-7-9-21-59(49)61)42-64(54-31-27-48(28-32-54)46-15-5-2-6-16-46)68(66)58-39-35-52(36-40-58)62-24-12-20-50-18-8-10-22-60(50)62/h1-44H. The van der Waals surface area contributed by atoms with Crippen molar-refractivity contribution in [3.8, 4) is 78.4 Å². The van der Waals surface area contributed by atoms with Crippen molar-refractivity contribution in [1.29, 1.82) is 0 Å². The van der Waals surface area contributed by atoms with Gasteiger partial charge in [0.05, 0.1) is 22.4 Å². The van der Waals surface area contributed by atoms with Crippen molar-refractivity contribution in [3.63, 3.8) is 0 Å². The van der Waals surface area contributed by atoms with E-state index in [2.05, 4.69) is 276 Å². The fraction of sp³-hybridized carbons (Fsp3) is 0. The molecule has 2 aromatic heterocycles. The van der Waals surface area contributed by atoms with Crippen LogP contribution >= 0.6 is 0 Å². The van der Waals surface area contributed by atoms with Gasteiger partial charge in [-0.25, -0.2) is 0 Å². The van der Waals surface area contributed by atoms with Gasteiger partial charge in [0.1, 0.15) is 0 Å². The maximum absolute atomic E-state index is 2.45. The van der Waals surface area contributed by atoms with Crippen molar-refractivity contribution in [2.75, 3.05) is 0 Å². The smallest absolute Gasteiger partial charge is 0.0542 e. The first-order chi connectivity index (χ1) is 33.7. The first-order valence-corrected chi connectivity index (χ1v) is 23.4. The molecule has 2 heterocycles. The van der Waals surface area contributed by atoms with Crippen LogP contribution in [0, 0.1) is 0 Å². The van der Waals surface area contributed by atoms with Crippen molar-refractivity contribution >= 4 is 43.4 Å². The average molecular weight is 865 g/mol. The molecule has 0 saturated heterocycles. The second kappa shape index (κ2) is 16.5. The largest absolute Gasteiger partial charge is 0.309 e. The molecule has 0 bridgehead atoms. The van der Waals surface area contributed by atoms with Gasteiger partial charge in [-0.1, -0.05) is 218 Å². The Kier molecular flexibility index (Phi) is 9.54. The molecule has 0 saturated carbocycles. The molecule has 0 unspecified atom stereocenters. The molecular formula is C66H44N2. The second-order valence-electron chi connectivity index (χ2n) is 17.7. The van der Waals surface area contributed by atoms with Gasteiger partial charge in [0.2, 0.25) is 0 Å². The minimum absolute atomic E-state index is 1.12. The summed E-state index contributed by atoms with van der Waals surface area (Å²) < 4.78 is 4.90. The Labute approximate surface area is 395 Å². The van der Waals surface area contributed by atoms with E-state index < -0.39 is 0 Å². The highest BCUT2D eigenvalue weighted by Crippen LogP contribution is 2.41. The van der Waals surface area contributed by atoms with Gasteiger partial charge < -0.3 is 9.13 Å². The first-order valence-electron chi connectivity index (χ1n) is 23.4. The molecule has 13 aromatic rings. The zero-order chi connectivity index (χ0) is 45.0. The Balaban J connectivity index is 0.991. The van der Waals surface area contributed by atoms with Crippen LogP contribution in [0.3, 0.4) is 0 Å². The SMILES string of the molecule is c1ccc(-c2ccc(-c3cc4cc5c(cc(-c6ccc(-c7ccccc7)cc6)n5-c5ccc(-c6cccc7ccccc67)cc5)cc4n3-c3ccc(-c4cccc5ccccc45)cc3)cc2)cc1. The van der Waals surface area contributed by atoms with E-state index in [4.69, 9.17) is 0 Å². The Morgan fingerprint density at radius 1 is 0.206 bits per heavy atom. The molecule has 0 radical (unpaired) electrons. The molecule has 0 aliphatic rings. The molecule has 68 heavy (non-hydrogen) atoms. The maximum atomic E-state index is 2.45. The minimum atomic E-state index is 1.12. The van der Waals surface area contributed by atoms with E-state index in [1.165, 1.54) is 76.8 Å². The first kappa shape index (κ1) is 39.4. The summed E-state index contributed by atoms with van der Waals surface area (Å²) in [5, 5.41) is 7.36. The van der Waals surface area contributed by atoms with E-state index in [0.717, 1.165) is 44.9 Å². The highest BCUT2D eigenvalue weighted by Gasteiger charge is 2.19. The number of nitrogens with zero attached hydrogens (tertiary/aromatic N) is 2. The average Bonchev–Trinajstić information content (AvgIpc) is 3.98. The summed E-state index contributed by atoms with van der Waals surface area (Å²) in [4.78, 5) is 0. The van der Waals surface area contributed by atoms with Gasteiger partial charge in [-0.3, -0.25) is 0 Å². The summed E-state index contributed by atoms with van der Waals surface area (Å²) in [6, 6.07) is 97.5. The van der Waals surface area contributed by atoms with Gasteiger partial charge in [0.25, 0.3) is 0 Å². The van der Waals surface area contributed by atoms with Crippen molar-refractivity contribution in [2.45, 2.75) is 0 Å². The quantitative estimate of drug-likeness (QED) is 0.144. The highest BCUT2D eigenvalue weighted by molar-refractivity contribution is 6.03. The fourth-order valence-electron chi connectivity index (χ4n) is 10.4. The van der Waals surface area contributed by atoms with Gasteiger partial charge in [0.15, 0.2) is 0 Å². The third kappa shape index (κ3) is 6.90. The van der Waals surface area contributed by atoms with E-state index in [9.17, 15) is 0 Å². The number of benzene rings is 11. The van der Waals surface area contributed by atoms with Gasteiger partial charge >= 0.3 is 0 Å². The Morgan fingerprint density at radius 3 is 0.941 bits per heavy atom. The normalized spacial score (nSPS) is 11.5. The predicted octanol–water partition coefficient (Wildman–Crippen LogP) is 17.9. The number of hydrogen-bond donors (Lipinski definition) is 0. The van der Waals surface area contributed by atoms with E-state index >= 15 is 0 Å². The van der Waals surface area contributed by atoms with E-state index in [1.54, 1.807) is 0 Å². The molecule has 0 fully saturated rings. The van der Waals surface area contributed by atoms with Crippen LogP contribution in [0.2, 0.25) is 0 Å². The molecule has 0 amide bonds. The Morgan fingerprint density at radius 2 is 0.529 bits per heavy atom. The van der Waals surface area contributed by atoms with Gasteiger partial charge in [-0.2, -0.15) is 0 Å². The molecule has 0 atom stereocenters. The number of fused-ring (bicyclic) bond motifs is 4. The second-order valence-corrected chi connectivity index (χ2v) is 17.7. The molecular weight excluding hydrogens is 821 g/mol. The summed E-state index contributed by atoms with van der Waals surface area (Å²) in [7, 11) is 0. The van der Waals surface area contributed by atoms with Crippen LogP contribution in [-0.4, -0.2) is 9.13 Å². The summed E-state index contributed by atoms with van der Waals surface area (Å²) in [6.45, 7) is 0. The van der Waals surface area contributed by atoms with Gasteiger partial charge in [-0.15, -0.1) is 0 Å². The van der Waals surface area contributed by atoms with E-state index in [0.29, 0.717) is 0 Å². The number of aromatic nitrogens is 2. The summed E-state index contributed by atoms with van der Waals surface area (Å²) >= 11 is 0. The summed E-state index contributed by atoms with van der Waals surface area (Å²) in [5.41, 5.74) is 18.9. The lowest BCUT2D eigenvalue weighted by Crippen LogP contribution is -1.98. The molecule has 0 aliphatic carbocycles. The van der Waals surface area contributed by atoms with Crippen LogP contribution in [0.5, 0.6) is 0 Å². The molecule has 2 nitrogen and oxygen atoms in total. The monoisotopic (exact) mass is 864 g/mol. The third-order valence-corrected chi connectivity index (χ3v) is 13.8. The Bertz CT molecular complexity index is 3680.